The van der Waals surface area contributed by atoms with Crippen LogP contribution in [0.1, 0.15) is 23.1 Å². The topological polar surface area (TPSA) is 88.9 Å². The molecule has 1 amide bonds. The summed E-state index contributed by atoms with van der Waals surface area (Å²) in [6, 6.07) is 12.8. The van der Waals surface area contributed by atoms with Crippen molar-refractivity contribution in [3.05, 3.63) is 59.2 Å². The van der Waals surface area contributed by atoms with E-state index in [0.29, 0.717) is 18.5 Å². The van der Waals surface area contributed by atoms with Gasteiger partial charge in [0.25, 0.3) is 0 Å². The van der Waals surface area contributed by atoms with Crippen LogP contribution in [-0.4, -0.2) is 40.6 Å². The SMILES string of the molecule is O=C1CCc2cc(S(=O)(=O)NCc3ccccc3C[NH+]3CCOCC3)ccc2N1. The number of benzene rings is 2. The largest absolute Gasteiger partial charge is 0.370 e. The predicted octanol–water partition coefficient (Wildman–Crippen LogP) is 0.465. The average molecular weight is 417 g/mol. The van der Waals surface area contributed by atoms with Crippen molar-refractivity contribution in [2.45, 2.75) is 30.8 Å². The third-order valence-electron chi connectivity index (χ3n) is 5.49. The lowest BCUT2D eigenvalue weighted by Crippen LogP contribution is -3.12. The van der Waals surface area contributed by atoms with Gasteiger partial charge in [-0.2, -0.15) is 0 Å². The molecule has 0 unspecified atom stereocenters. The van der Waals surface area contributed by atoms with E-state index in [1.165, 1.54) is 11.0 Å². The molecule has 7 nitrogen and oxygen atoms in total. The highest BCUT2D eigenvalue weighted by Crippen LogP contribution is 2.25. The Morgan fingerprint density at radius 1 is 1.03 bits per heavy atom. The van der Waals surface area contributed by atoms with Crippen LogP contribution in [0.4, 0.5) is 5.69 Å². The minimum absolute atomic E-state index is 0.0368. The molecule has 0 aliphatic carbocycles. The monoisotopic (exact) mass is 416 g/mol. The zero-order chi connectivity index (χ0) is 20.3. The first kappa shape index (κ1) is 20.0. The third-order valence-corrected chi connectivity index (χ3v) is 6.89. The lowest BCUT2D eigenvalue weighted by molar-refractivity contribution is -0.921. The summed E-state index contributed by atoms with van der Waals surface area (Å²) in [5.41, 5.74) is 3.68. The van der Waals surface area contributed by atoms with Crippen LogP contribution in [0.2, 0.25) is 0 Å². The van der Waals surface area contributed by atoms with Crippen LogP contribution in [0.5, 0.6) is 0 Å². The molecule has 2 aromatic carbocycles. The molecule has 0 radical (unpaired) electrons. The second-order valence-corrected chi connectivity index (χ2v) is 9.27. The Hall–Kier alpha value is -2.26. The number of anilines is 1. The molecular formula is C21H26N3O4S+. The fraction of sp³-hybridized carbons (Fsp3) is 0.381. The number of aryl methyl sites for hydroxylation is 1. The van der Waals surface area contributed by atoms with Crippen LogP contribution in [0.25, 0.3) is 0 Å². The first-order valence-corrected chi connectivity index (χ1v) is 11.4. The van der Waals surface area contributed by atoms with Crippen LogP contribution in [-0.2, 0) is 39.1 Å². The summed E-state index contributed by atoms with van der Waals surface area (Å²) in [5.74, 6) is -0.0368. The number of quaternary nitrogens is 1. The fourth-order valence-corrected chi connectivity index (χ4v) is 4.85. The Bertz CT molecular complexity index is 1000. The second kappa shape index (κ2) is 8.62. The summed E-state index contributed by atoms with van der Waals surface area (Å²) < 4.78 is 33.8. The smallest absolute Gasteiger partial charge is 0.240 e. The number of ether oxygens (including phenoxy) is 1. The molecule has 0 spiro atoms. The van der Waals surface area contributed by atoms with Crippen molar-refractivity contribution in [2.24, 2.45) is 0 Å². The molecule has 0 bridgehead atoms. The van der Waals surface area contributed by atoms with Gasteiger partial charge in [0.15, 0.2) is 0 Å². The van der Waals surface area contributed by atoms with Gasteiger partial charge >= 0.3 is 0 Å². The number of fused-ring (bicyclic) bond motifs is 1. The Kier molecular flexibility index (Phi) is 5.96. The van der Waals surface area contributed by atoms with Gasteiger partial charge in [0.1, 0.15) is 19.6 Å². The molecule has 2 aliphatic rings. The molecule has 0 atom stereocenters. The normalized spacial score (nSPS) is 17.6. The maximum atomic E-state index is 12.8. The van der Waals surface area contributed by atoms with Crippen LogP contribution in [0.15, 0.2) is 47.4 Å². The van der Waals surface area contributed by atoms with E-state index in [2.05, 4.69) is 16.1 Å². The molecule has 8 heteroatoms. The van der Waals surface area contributed by atoms with Gasteiger partial charge in [-0.3, -0.25) is 4.79 Å². The number of sulfonamides is 1. The number of carbonyl (C=O) groups is 1. The quantitative estimate of drug-likeness (QED) is 0.639. The molecule has 29 heavy (non-hydrogen) atoms. The standard InChI is InChI=1S/C21H25N3O4S/c25-21-8-5-16-13-19(6-7-20(16)23-21)29(26,27)22-14-17-3-1-2-4-18(17)15-24-9-11-28-12-10-24/h1-4,6-7,13,22H,5,8-12,14-15H2,(H,23,25)/p+1. The maximum absolute atomic E-state index is 12.8. The number of morpholine rings is 1. The molecule has 4 rings (SSSR count). The van der Waals surface area contributed by atoms with E-state index in [4.69, 9.17) is 4.74 Å². The molecule has 0 aromatic heterocycles. The third kappa shape index (κ3) is 4.84. The van der Waals surface area contributed by atoms with Crippen molar-refractivity contribution < 1.29 is 22.8 Å². The van der Waals surface area contributed by atoms with Crippen molar-refractivity contribution in [1.82, 2.24) is 4.72 Å². The van der Waals surface area contributed by atoms with E-state index < -0.39 is 10.0 Å². The molecular weight excluding hydrogens is 390 g/mol. The number of amides is 1. The van der Waals surface area contributed by atoms with Gasteiger partial charge in [-0.15, -0.1) is 0 Å². The van der Waals surface area contributed by atoms with Gasteiger partial charge in [-0.1, -0.05) is 24.3 Å². The lowest BCUT2D eigenvalue weighted by Gasteiger charge is -2.24. The number of hydrogen-bond donors (Lipinski definition) is 3. The number of hydrogen-bond acceptors (Lipinski definition) is 4. The number of carbonyl (C=O) groups excluding carboxylic acids is 1. The van der Waals surface area contributed by atoms with Gasteiger partial charge in [-0.05, 0) is 35.7 Å². The number of nitrogens with one attached hydrogen (secondary N) is 3. The molecule has 2 aliphatic heterocycles. The van der Waals surface area contributed by atoms with Gasteiger partial charge in [0.2, 0.25) is 15.9 Å². The average Bonchev–Trinajstić information content (AvgIpc) is 2.73. The van der Waals surface area contributed by atoms with Crippen molar-refractivity contribution in [2.75, 3.05) is 31.6 Å². The second-order valence-electron chi connectivity index (χ2n) is 7.50. The zero-order valence-corrected chi connectivity index (χ0v) is 17.1. The summed E-state index contributed by atoms with van der Waals surface area (Å²) in [7, 11) is -3.64. The van der Waals surface area contributed by atoms with Crippen LogP contribution in [0, 0.1) is 0 Å². The maximum Gasteiger partial charge on any atom is 0.240 e. The predicted molar refractivity (Wildman–Crippen MR) is 109 cm³/mol. The molecule has 1 fully saturated rings. The zero-order valence-electron chi connectivity index (χ0n) is 16.2. The van der Waals surface area contributed by atoms with Crippen LogP contribution >= 0.6 is 0 Å². The van der Waals surface area contributed by atoms with E-state index in [0.717, 1.165) is 49.5 Å². The van der Waals surface area contributed by atoms with Crippen LogP contribution in [0.3, 0.4) is 0 Å². The fourth-order valence-electron chi connectivity index (χ4n) is 3.79. The highest BCUT2D eigenvalue weighted by atomic mass is 32.2. The van der Waals surface area contributed by atoms with E-state index >= 15 is 0 Å². The Labute approximate surface area is 171 Å². The molecule has 3 N–H and O–H groups in total. The Morgan fingerprint density at radius 2 is 1.79 bits per heavy atom. The Morgan fingerprint density at radius 3 is 2.59 bits per heavy atom. The summed E-state index contributed by atoms with van der Waals surface area (Å²) in [4.78, 5) is 13.2. The van der Waals surface area contributed by atoms with Crippen molar-refractivity contribution >= 4 is 21.6 Å². The first-order chi connectivity index (χ1) is 14.0. The molecule has 2 heterocycles. The van der Waals surface area contributed by atoms with E-state index in [-0.39, 0.29) is 17.3 Å². The van der Waals surface area contributed by atoms with E-state index in [9.17, 15) is 13.2 Å². The molecule has 0 saturated carbocycles. The minimum Gasteiger partial charge on any atom is -0.370 e. The number of rotatable bonds is 6. The van der Waals surface area contributed by atoms with Gasteiger partial charge in [0, 0.05) is 24.2 Å². The van der Waals surface area contributed by atoms with Gasteiger partial charge < -0.3 is 15.0 Å². The summed E-state index contributed by atoms with van der Waals surface area (Å²) in [5, 5.41) is 2.78. The molecule has 154 valence electrons. The van der Waals surface area contributed by atoms with Gasteiger partial charge in [-0.25, -0.2) is 13.1 Å². The van der Waals surface area contributed by atoms with Crippen LogP contribution < -0.4 is 14.9 Å². The summed E-state index contributed by atoms with van der Waals surface area (Å²) >= 11 is 0. The molecule has 1 saturated heterocycles. The Balaban J connectivity index is 1.46. The highest BCUT2D eigenvalue weighted by molar-refractivity contribution is 7.89. The summed E-state index contributed by atoms with van der Waals surface area (Å²) in [6.45, 7) is 4.57. The van der Waals surface area contributed by atoms with E-state index in [1.54, 1.807) is 12.1 Å². The van der Waals surface area contributed by atoms with Gasteiger partial charge in [0.05, 0.1) is 18.1 Å². The summed E-state index contributed by atoms with van der Waals surface area (Å²) in [6.07, 6.45) is 0.927. The van der Waals surface area contributed by atoms with Crippen molar-refractivity contribution in [3.8, 4) is 0 Å². The first-order valence-electron chi connectivity index (χ1n) is 9.92. The van der Waals surface area contributed by atoms with Crippen molar-refractivity contribution in [3.63, 3.8) is 0 Å². The highest BCUT2D eigenvalue weighted by Gasteiger charge is 2.21. The van der Waals surface area contributed by atoms with E-state index in [1.807, 2.05) is 18.2 Å². The lowest BCUT2D eigenvalue weighted by atomic mass is 10.0. The molecule has 2 aromatic rings. The van der Waals surface area contributed by atoms with Crippen molar-refractivity contribution in [1.29, 1.82) is 0 Å². The minimum atomic E-state index is -3.64.